The lowest BCUT2D eigenvalue weighted by molar-refractivity contribution is 0.349. The third-order valence-electron chi connectivity index (χ3n) is 3.70. The summed E-state index contributed by atoms with van der Waals surface area (Å²) in [4.78, 5) is 18.4. The fraction of sp³-hybridized carbons (Fsp3) is 0.750. The number of aliphatic hydroxyl groups excluding tert-OH is 1. The van der Waals surface area contributed by atoms with E-state index in [1.165, 1.54) is 11.1 Å². The van der Waals surface area contributed by atoms with Gasteiger partial charge in [0, 0.05) is 0 Å². The van der Waals surface area contributed by atoms with E-state index in [2.05, 4.69) is 32.9 Å². The minimum absolute atomic E-state index is 0.214. The van der Waals surface area contributed by atoms with Crippen LogP contribution in [0, 0.1) is 0 Å². The summed E-state index contributed by atoms with van der Waals surface area (Å²) in [5.41, 5.74) is 2.69. The Morgan fingerprint density at radius 3 is 2.26 bits per heavy atom. The van der Waals surface area contributed by atoms with Crippen molar-refractivity contribution in [3.8, 4) is 0 Å². The largest absolute Gasteiger partial charge is 0.389 e. The first-order valence-electron chi connectivity index (χ1n) is 8.16. The van der Waals surface area contributed by atoms with E-state index in [0.29, 0.717) is 6.42 Å². The van der Waals surface area contributed by atoms with Crippen LogP contribution in [-0.2, 0) is 9.13 Å². The van der Waals surface area contributed by atoms with Crippen molar-refractivity contribution in [2.75, 3.05) is 6.35 Å². The van der Waals surface area contributed by atoms with Gasteiger partial charge in [-0.1, -0.05) is 36.1 Å². The Kier molecular flexibility index (Phi) is 12.1. The summed E-state index contributed by atoms with van der Waals surface area (Å²) < 4.78 is 22.8. The second-order valence-electron chi connectivity index (χ2n) is 6.24. The first-order chi connectivity index (χ1) is 10.7. The third-order valence-corrected chi connectivity index (χ3v) is 7.99. The summed E-state index contributed by atoms with van der Waals surface area (Å²) in [5.74, 6) is 0. The molecule has 2 unspecified atom stereocenters. The Hall–Kier alpha value is -0.180. The van der Waals surface area contributed by atoms with Crippen LogP contribution in [0.1, 0.15) is 65.7 Å². The van der Waals surface area contributed by atoms with E-state index in [0.717, 1.165) is 32.1 Å². The molecule has 0 bridgehead atoms. The highest BCUT2D eigenvalue weighted by Gasteiger charge is 2.32. The van der Waals surface area contributed by atoms with Crippen LogP contribution in [0.5, 0.6) is 0 Å². The lowest BCUT2D eigenvalue weighted by atomic mass is 10.1. The van der Waals surface area contributed by atoms with Gasteiger partial charge in [0.15, 0.2) is 0 Å². The fourth-order valence-corrected chi connectivity index (χ4v) is 5.32. The SMILES string of the molecule is CC(C)=CCC/C(C)=C/CCCCCC([PH](=O)CO)P(=O)(O)O. The maximum atomic E-state index is 11.5. The third kappa shape index (κ3) is 11.9. The predicted molar refractivity (Wildman–Crippen MR) is 97.4 cm³/mol. The van der Waals surface area contributed by atoms with Crippen molar-refractivity contribution in [2.24, 2.45) is 0 Å². The van der Waals surface area contributed by atoms with Crippen molar-refractivity contribution in [3.63, 3.8) is 0 Å². The smallest absolute Gasteiger partial charge is 0.335 e. The zero-order chi connectivity index (χ0) is 17.9. The van der Waals surface area contributed by atoms with E-state index in [1.54, 1.807) is 0 Å². The molecular formula is C16H32O5P2. The Labute approximate surface area is 140 Å². The monoisotopic (exact) mass is 366 g/mol. The zero-order valence-corrected chi connectivity index (χ0v) is 16.4. The Bertz CT molecular complexity index is 461. The lowest BCUT2D eigenvalue weighted by Crippen LogP contribution is -2.05. The quantitative estimate of drug-likeness (QED) is 0.266. The molecule has 136 valence electrons. The summed E-state index contributed by atoms with van der Waals surface area (Å²) in [5, 5.41) is 7.69. The predicted octanol–water partition coefficient (Wildman–Crippen LogP) is 4.64. The van der Waals surface area contributed by atoms with Crippen LogP contribution in [-0.4, -0.2) is 26.6 Å². The highest BCUT2D eigenvalue weighted by atomic mass is 31.2. The van der Waals surface area contributed by atoms with Crippen LogP contribution in [0.25, 0.3) is 0 Å². The standard InChI is InChI=1S/C16H32O5P2/c1-14(2)9-8-11-15(3)10-6-4-5-7-12-16(22(18)13-17)23(19,20)21/h9-10,16-17,22H,4-8,11-13H2,1-3H3,(H2,19,20,21)/b15-10+. The second kappa shape index (κ2) is 12.2. The fourth-order valence-electron chi connectivity index (χ4n) is 2.32. The molecule has 0 saturated carbocycles. The number of allylic oxidation sites excluding steroid dienone is 4. The van der Waals surface area contributed by atoms with Gasteiger partial charge in [0.05, 0.1) is 6.35 Å². The summed E-state index contributed by atoms with van der Waals surface area (Å²) in [6.45, 7) is 6.31. The van der Waals surface area contributed by atoms with E-state index in [1.807, 2.05) is 0 Å². The summed E-state index contributed by atoms with van der Waals surface area (Å²) in [6, 6.07) is 0. The van der Waals surface area contributed by atoms with Crippen LogP contribution in [0.3, 0.4) is 0 Å². The molecular weight excluding hydrogens is 334 g/mol. The normalized spacial score (nSPS) is 15.3. The first kappa shape index (κ1) is 22.8. The van der Waals surface area contributed by atoms with Gasteiger partial charge < -0.3 is 19.5 Å². The molecule has 0 rings (SSSR count). The maximum Gasteiger partial charge on any atom is 0.335 e. The Morgan fingerprint density at radius 1 is 1.09 bits per heavy atom. The minimum Gasteiger partial charge on any atom is -0.389 e. The molecule has 0 heterocycles. The average Bonchev–Trinajstić information content (AvgIpc) is 2.43. The number of hydrogen-bond acceptors (Lipinski definition) is 3. The van der Waals surface area contributed by atoms with Gasteiger partial charge in [0.1, 0.15) is 13.2 Å². The topological polar surface area (TPSA) is 94.8 Å². The minimum atomic E-state index is -4.39. The van der Waals surface area contributed by atoms with Crippen molar-refractivity contribution in [1.29, 1.82) is 0 Å². The van der Waals surface area contributed by atoms with Crippen molar-refractivity contribution in [2.45, 2.75) is 71.1 Å². The molecule has 0 spiro atoms. The molecule has 23 heavy (non-hydrogen) atoms. The van der Waals surface area contributed by atoms with Crippen LogP contribution in [0.4, 0.5) is 0 Å². The number of rotatable bonds is 12. The number of hydrogen-bond donors (Lipinski definition) is 3. The Balaban J connectivity index is 4.01. The molecule has 0 fully saturated rings. The van der Waals surface area contributed by atoms with E-state index in [-0.39, 0.29) is 6.42 Å². The molecule has 0 saturated heterocycles. The molecule has 5 nitrogen and oxygen atoms in total. The van der Waals surface area contributed by atoms with Gasteiger partial charge in [0.2, 0.25) is 0 Å². The van der Waals surface area contributed by atoms with Gasteiger partial charge in [-0.25, -0.2) is 0 Å². The van der Waals surface area contributed by atoms with E-state index >= 15 is 0 Å². The van der Waals surface area contributed by atoms with E-state index in [9.17, 15) is 18.9 Å². The van der Waals surface area contributed by atoms with Crippen molar-refractivity contribution >= 4 is 15.4 Å². The molecule has 2 atom stereocenters. The van der Waals surface area contributed by atoms with Crippen LogP contribution < -0.4 is 0 Å². The molecule has 0 amide bonds. The molecule has 0 aromatic heterocycles. The molecule has 0 aliphatic rings. The maximum absolute atomic E-state index is 11.5. The highest BCUT2D eigenvalue weighted by Crippen LogP contribution is 2.55. The summed E-state index contributed by atoms with van der Waals surface area (Å²) in [7, 11) is -7.01. The van der Waals surface area contributed by atoms with Gasteiger partial charge in [-0.15, -0.1) is 0 Å². The summed E-state index contributed by atoms with van der Waals surface area (Å²) >= 11 is 0. The number of aliphatic hydroxyl groups is 1. The van der Waals surface area contributed by atoms with Crippen molar-refractivity contribution < 1.29 is 24.0 Å². The summed E-state index contributed by atoms with van der Waals surface area (Å²) in [6.07, 6.45) is 9.52. The van der Waals surface area contributed by atoms with Gasteiger partial charge in [0.25, 0.3) is 0 Å². The van der Waals surface area contributed by atoms with Crippen LogP contribution >= 0.6 is 15.4 Å². The number of unbranched alkanes of at least 4 members (excludes halogenated alkanes) is 3. The first-order valence-corrected chi connectivity index (χ1v) is 11.5. The molecule has 0 aliphatic heterocycles. The highest BCUT2D eigenvalue weighted by molar-refractivity contribution is 7.67. The van der Waals surface area contributed by atoms with Crippen LogP contribution in [0.2, 0.25) is 0 Å². The molecule has 0 aromatic carbocycles. The lowest BCUT2D eigenvalue weighted by Gasteiger charge is -2.16. The molecule has 0 aromatic rings. The molecule has 7 heteroatoms. The molecule has 3 N–H and O–H groups in total. The van der Waals surface area contributed by atoms with Crippen molar-refractivity contribution in [3.05, 3.63) is 23.3 Å². The van der Waals surface area contributed by atoms with Crippen LogP contribution in [0.15, 0.2) is 23.3 Å². The Morgan fingerprint density at radius 2 is 1.74 bits per heavy atom. The average molecular weight is 366 g/mol. The van der Waals surface area contributed by atoms with Gasteiger partial charge in [-0.05, 0) is 52.9 Å². The molecule has 0 aliphatic carbocycles. The van der Waals surface area contributed by atoms with Gasteiger partial charge in [-0.2, -0.15) is 0 Å². The second-order valence-corrected chi connectivity index (χ2v) is 10.5. The van der Waals surface area contributed by atoms with E-state index in [4.69, 9.17) is 5.11 Å². The zero-order valence-electron chi connectivity index (χ0n) is 14.5. The van der Waals surface area contributed by atoms with Crippen molar-refractivity contribution in [1.82, 2.24) is 0 Å². The van der Waals surface area contributed by atoms with E-state index < -0.39 is 27.1 Å². The van der Waals surface area contributed by atoms with Gasteiger partial charge >= 0.3 is 7.60 Å². The van der Waals surface area contributed by atoms with Gasteiger partial charge in [-0.3, -0.25) is 4.57 Å². The molecule has 0 radical (unpaired) electrons.